The van der Waals surface area contributed by atoms with Crippen LogP contribution in [0.2, 0.25) is 0 Å². The Morgan fingerprint density at radius 3 is 2.80 bits per heavy atom. The Balaban J connectivity index is 1.27. The van der Waals surface area contributed by atoms with Crippen molar-refractivity contribution < 1.29 is 4.79 Å². The van der Waals surface area contributed by atoms with Crippen LogP contribution in [-0.4, -0.2) is 35.0 Å². The Morgan fingerprint density at radius 2 is 2.00 bits per heavy atom. The van der Waals surface area contributed by atoms with Crippen molar-refractivity contribution in [2.75, 3.05) is 18.0 Å². The molecule has 0 unspecified atom stereocenters. The predicted molar refractivity (Wildman–Crippen MR) is 97.5 cm³/mol. The van der Waals surface area contributed by atoms with Crippen LogP contribution in [-0.2, 0) is 11.2 Å². The molecule has 1 aliphatic carbocycles. The van der Waals surface area contributed by atoms with Crippen LogP contribution in [0.3, 0.4) is 0 Å². The molecule has 0 spiro atoms. The molecular formula is C20H24N4O. The second-order valence-corrected chi connectivity index (χ2v) is 7.03. The van der Waals surface area contributed by atoms with Crippen LogP contribution in [0.1, 0.15) is 42.7 Å². The summed E-state index contributed by atoms with van der Waals surface area (Å²) < 4.78 is 0. The maximum atomic E-state index is 12.5. The highest BCUT2D eigenvalue weighted by Gasteiger charge is 2.26. The summed E-state index contributed by atoms with van der Waals surface area (Å²) in [4.78, 5) is 23.2. The average Bonchev–Trinajstić information content (AvgIpc) is 3.06. The van der Waals surface area contributed by atoms with Gasteiger partial charge >= 0.3 is 0 Å². The van der Waals surface area contributed by atoms with Crippen LogP contribution in [0, 0.1) is 0 Å². The topological polar surface area (TPSA) is 58.1 Å². The van der Waals surface area contributed by atoms with Gasteiger partial charge in [-0.2, -0.15) is 0 Å². The van der Waals surface area contributed by atoms with Crippen molar-refractivity contribution in [1.82, 2.24) is 15.3 Å². The molecule has 25 heavy (non-hydrogen) atoms. The zero-order chi connectivity index (χ0) is 17.1. The summed E-state index contributed by atoms with van der Waals surface area (Å²) in [6, 6.07) is 8.82. The summed E-state index contributed by atoms with van der Waals surface area (Å²) in [5.41, 5.74) is 2.78. The number of benzene rings is 1. The molecule has 1 fully saturated rings. The molecule has 2 aliphatic rings. The lowest BCUT2D eigenvalue weighted by atomic mass is 9.97. The Kier molecular flexibility index (Phi) is 4.63. The zero-order valence-corrected chi connectivity index (χ0v) is 14.4. The molecule has 1 aromatic heterocycles. The molecule has 1 amide bonds. The third-order valence-corrected chi connectivity index (χ3v) is 5.42. The Morgan fingerprint density at radius 1 is 1.16 bits per heavy atom. The first-order chi connectivity index (χ1) is 12.3. The van der Waals surface area contributed by atoms with Crippen LogP contribution in [0.4, 0.5) is 5.82 Å². The lowest BCUT2D eigenvalue weighted by Gasteiger charge is -2.33. The van der Waals surface area contributed by atoms with E-state index in [1.807, 2.05) is 0 Å². The molecule has 0 radical (unpaired) electrons. The number of piperidine rings is 1. The second-order valence-electron chi connectivity index (χ2n) is 7.03. The molecule has 2 aromatic rings. The summed E-state index contributed by atoms with van der Waals surface area (Å²) in [7, 11) is 0. The van der Waals surface area contributed by atoms with Gasteiger partial charge in [0.1, 0.15) is 5.82 Å². The van der Waals surface area contributed by atoms with E-state index in [4.69, 9.17) is 0 Å². The van der Waals surface area contributed by atoms with Crippen molar-refractivity contribution in [2.45, 2.75) is 44.1 Å². The van der Waals surface area contributed by atoms with Crippen LogP contribution in [0.15, 0.2) is 42.9 Å². The first-order valence-electron chi connectivity index (χ1n) is 9.18. The van der Waals surface area contributed by atoms with Crippen molar-refractivity contribution >= 4 is 11.7 Å². The lowest BCUT2D eigenvalue weighted by Crippen LogP contribution is -2.45. The third-order valence-electron chi connectivity index (χ3n) is 5.42. The fourth-order valence-corrected chi connectivity index (χ4v) is 4.08. The maximum absolute atomic E-state index is 12.5. The van der Waals surface area contributed by atoms with Gasteiger partial charge in [0.25, 0.3) is 0 Å². The van der Waals surface area contributed by atoms with E-state index in [1.54, 1.807) is 18.6 Å². The van der Waals surface area contributed by atoms with Crippen molar-refractivity contribution in [1.29, 1.82) is 0 Å². The highest BCUT2D eigenvalue weighted by Crippen LogP contribution is 2.35. The number of aromatic nitrogens is 2. The van der Waals surface area contributed by atoms with E-state index in [2.05, 4.69) is 44.5 Å². The summed E-state index contributed by atoms with van der Waals surface area (Å²) in [5.74, 6) is 1.50. The Bertz CT molecular complexity index is 725. The van der Waals surface area contributed by atoms with Gasteiger partial charge in [-0.05, 0) is 42.7 Å². The number of hydrogen-bond donors (Lipinski definition) is 1. The quantitative estimate of drug-likeness (QED) is 0.933. The van der Waals surface area contributed by atoms with Gasteiger partial charge in [0.15, 0.2) is 0 Å². The molecule has 1 aromatic carbocycles. The smallest absolute Gasteiger partial charge is 0.220 e. The molecule has 0 saturated carbocycles. The molecule has 0 bridgehead atoms. The molecule has 5 heteroatoms. The molecule has 1 atom stereocenters. The van der Waals surface area contributed by atoms with E-state index in [0.29, 0.717) is 12.3 Å². The third kappa shape index (κ3) is 3.65. The molecule has 1 N–H and O–H groups in total. The van der Waals surface area contributed by atoms with E-state index in [-0.39, 0.29) is 11.9 Å². The fraction of sp³-hybridized carbons (Fsp3) is 0.450. The minimum Gasteiger partial charge on any atom is -0.355 e. The number of nitrogens with one attached hydrogen (secondary N) is 1. The molecule has 5 nitrogen and oxygen atoms in total. The van der Waals surface area contributed by atoms with Gasteiger partial charge in [-0.1, -0.05) is 24.3 Å². The van der Waals surface area contributed by atoms with E-state index in [1.165, 1.54) is 11.1 Å². The highest BCUT2D eigenvalue weighted by molar-refractivity contribution is 5.77. The van der Waals surface area contributed by atoms with Crippen molar-refractivity contribution in [3.05, 3.63) is 54.0 Å². The minimum atomic E-state index is 0.194. The number of anilines is 1. The summed E-state index contributed by atoms with van der Waals surface area (Å²) >= 11 is 0. The average molecular weight is 336 g/mol. The molecule has 4 rings (SSSR count). The fourth-order valence-electron chi connectivity index (χ4n) is 4.08. The standard InChI is InChI=1S/C20H24N4O/c25-20(13-16-6-5-15-3-1-2-4-18(15)16)23-17-7-11-24(12-8-17)19-14-21-9-10-22-19/h1-4,9-10,14,16-17H,5-8,11-13H2,(H,23,25)/t16-/m0/s1. The van der Waals surface area contributed by atoms with Crippen molar-refractivity contribution in [2.24, 2.45) is 0 Å². The van der Waals surface area contributed by atoms with Crippen LogP contribution < -0.4 is 10.2 Å². The summed E-state index contributed by atoms with van der Waals surface area (Å²) in [6.45, 7) is 1.83. The zero-order valence-electron chi connectivity index (χ0n) is 14.4. The maximum Gasteiger partial charge on any atom is 0.220 e. The van der Waals surface area contributed by atoms with Gasteiger partial charge in [-0.15, -0.1) is 0 Å². The largest absolute Gasteiger partial charge is 0.355 e. The first kappa shape index (κ1) is 16.1. The van der Waals surface area contributed by atoms with Gasteiger partial charge < -0.3 is 10.2 Å². The Hall–Kier alpha value is -2.43. The normalized spacial score (nSPS) is 20.3. The highest BCUT2D eigenvalue weighted by atomic mass is 16.1. The Labute approximate surface area is 148 Å². The van der Waals surface area contributed by atoms with Crippen LogP contribution >= 0.6 is 0 Å². The van der Waals surface area contributed by atoms with Crippen molar-refractivity contribution in [3.63, 3.8) is 0 Å². The number of aryl methyl sites for hydroxylation is 1. The molecule has 1 aliphatic heterocycles. The van der Waals surface area contributed by atoms with Crippen LogP contribution in [0.25, 0.3) is 0 Å². The number of hydrogen-bond acceptors (Lipinski definition) is 4. The number of nitrogens with zero attached hydrogens (tertiary/aromatic N) is 3. The van der Waals surface area contributed by atoms with E-state index < -0.39 is 0 Å². The molecular weight excluding hydrogens is 312 g/mol. The van der Waals surface area contributed by atoms with E-state index in [9.17, 15) is 4.79 Å². The SMILES string of the molecule is O=C(C[C@@H]1CCc2ccccc21)NC1CCN(c2cnccn2)CC1. The first-order valence-corrected chi connectivity index (χ1v) is 9.18. The number of carbonyl (C=O) groups is 1. The van der Waals surface area contributed by atoms with Gasteiger partial charge in [-0.25, -0.2) is 4.98 Å². The minimum absolute atomic E-state index is 0.194. The van der Waals surface area contributed by atoms with Gasteiger partial charge in [0, 0.05) is 37.9 Å². The molecule has 1 saturated heterocycles. The van der Waals surface area contributed by atoms with Gasteiger partial charge in [-0.3, -0.25) is 9.78 Å². The molecule has 130 valence electrons. The number of fused-ring (bicyclic) bond motifs is 1. The number of rotatable bonds is 4. The number of carbonyl (C=O) groups excluding carboxylic acids is 1. The van der Waals surface area contributed by atoms with Crippen molar-refractivity contribution in [3.8, 4) is 0 Å². The van der Waals surface area contributed by atoms with Gasteiger partial charge in [0.05, 0.1) is 6.20 Å². The monoisotopic (exact) mass is 336 g/mol. The van der Waals surface area contributed by atoms with E-state index in [0.717, 1.165) is 44.6 Å². The van der Waals surface area contributed by atoms with Crippen LogP contribution in [0.5, 0.6) is 0 Å². The summed E-state index contributed by atoms with van der Waals surface area (Å²) in [5, 5.41) is 3.25. The predicted octanol–water partition coefficient (Wildman–Crippen LogP) is 2.68. The number of amides is 1. The molecule has 2 heterocycles. The summed E-state index contributed by atoms with van der Waals surface area (Å²) in [6.07, 6.45) is 9.95. The lowest BCUT2D eigenvalue weighted by molar-refractivity contribution is -0.122. The van der Waals surface area contributed by atoms with E-state index >= 15 is 0 Å². The van der Waals surface area contributed by atoms with Gasteiger partial charge in [0.2, 0.25) is 5.91 Å². The second kappa shape index (κ2) is 7.21.